The van der Waals surface area contributed by atoms with E-state index in [0.29, 0.717) is 20.6 Å². The average Bonchev–Trinajstić information content (AvgIpc) is 3.21. The fourth-order valence-electron chi connectivity index (χ4n) is 2.80. The molecule has 0 unspecified atom stereocenters. The third-order valence-corrected chi connectivity index (χ3v) is 6.40. The van der Waals surface area contributed by atoms with Crippen molar-refractivity contribution in [2.45, 2.75) is 18.2 Å². The molecule has 1 N–H and O–H groups in total. The number of imide groups is 1. The van der Waals surface area contributed by atoms with Gasteiger partial charge in [-0.25, -0.2) is 0 Å². The number of carbonyl (C=O) groups is 2. The Balaban J connectivity index is 1.43. The number of carbonyl (C=O) groups excluding carboxylic acids is 2. The molecular weight excluding hydrogens is 380 g/mol. The number of rotatable bonds is 5. The van der Waals surface area contributed by atoms with Crippen molar-refractivity contribution in [1.29, 1.82) is 0 Å². The number of thioether (sulfide) groups is 1. The first-order valence-corrected chi connectivity index (χ1v) is 10.1. The molecule has 2 aromatic carbocycles. The topological polar surface area (TPSA) is 75.2 Å². The first kappa shape index (κ1) is 17.7. The van der Waals surface area contributed by atoms with Gasteiger partial charge in [0.05, 0.1) is 17.0 Å². The number of benzene rings is 2. The predicted molar refractivity (Wildman–Crippen MR) is 107 cm³/mol. The third kappa shape index (κ3) is 3.33. The molecule has 3 aromatic rings. The normalized spacial score (nSPS) is 13.2. The number of fused-ring (bicyclic) bond motifs is 1. The van der Waals surface area contributed by atoms with E-state index in [-0.39, 0.29) is 17.7 Å². The maximum atomic E-state index is 12.4. The minimum Gasteiger partial charge on any atom is -0.330 e. The van der Waals surface area contributed by atoms with E-state index in [0.717, 1.165) is 11.3 Å². The number of amides is 2. The average molecular weight is 396 g/mol. The second-order valence-electron chi connectivity index (χ2n) is 6.10. The van der Waals surface area contributed by atoms with E-state index in [1.165, 1.54) is 33.6 Å². The van der Waals surface area contributed by atoms with Gasteiger partial charge in [-0.3, -0.25) is 14.5 Å². The Morgan fingerprint density at radius 2 is 1.70 bits per heavy atom. The van der Waals surface area contributed by atoms with Crippen LogP contribution in [0.15, 0.2) is 46.8 Å². The summed E-state index contributed by atoms with van der Waals surface area (Å²) >= 11 is 2.72. The molecule has 0 atom stereocenters. The smallest absolute Gasteiger partial charge is 0.262 e. The number of hydrogen-bond donors (Lipinski definition) is 1. The maximum Gasteiger partial charge on any atom is 0.262 e. The first-order chi connectivity index (χ1) is 13.0. The molecule has 136 valence electrons. The Hall–Kier alpha value is -2.71. The van der Waals surface area contributed by atoms with Gasteiger partial charge in [0.25, 0.3) is 11.8 Å². The van der Waals surface area contributed by atoms with Gasteiger partial charge in [0.1, 0.15) is 0 Å². The van der Waals surface area contributed by atoms with Crippen molar-refractivity contribution in [3.05, 3.63) is 64.7 Å². The van der Waals surface area contributed by atoms with Crippen LogP contribution < -0.4 is 5.32 Å². The van der Waals surface area contributed by atoms with Crippen LogP contribution in [0.1, 0.15) is 31.8 Å². The quantitative estimate of drug-likeness (QED) is 0.513. The fraction of sp³-hybridized carbons (Fsp3) is 0.158. The molecular formula is C19H16N4O2S2. The standard InChI is InChI=1S/C19H16N4O2S2/c1-11-6-5-9-15(12(11)2)20-18-21-22-19(27-18)26-10-23-16(24)13-7-3-4-8-14(13)17(23)25/h3-9H,10H2,1-2H3,(H,20,21). The summed E-state index contributed by atoms with van der Waals surface area (Å²) in [6.45, 7) is 4.11. The van der Waals surface area contributed by atoms with Gasteiger partial charge in [-0.1, -0.05) is 47.4 Å². The van der Waals surface area contributed by atoms with Crippen molar-refractivity contribution in [1.82, 2.24) is 15.1 Å². The highest BCUT2D eigenvalue weighted by Crippen LogP contribution is 2.31. The molecule has 1 aliphatic rings. The largest absolute Gasteiger partial charge is 0.330 e. The van der Waals surface area contributed by atoms with Crippen LogP contribution in [0.3, 0.4) is 0 Å². The molecule has 0 spiro atoms. The van der Waals surface area contributed by atoms with Crippen molar-refractivity contribution < 1.29 is 9.59 Å². The van der Waals surface area contributed by atoms with Gasteiger partial charge in [-0.2, -0.15) is 0 Å². The van der Waals surface area contributed by atoms with E-state index in [9.17, 15) is 9.59 Å². The highest BCUT2D eigenvalue weighted by molar-refractivity contribution is 8.01. The van der Waals surface area contributed by atoms with Gasteiger partial charge in [0.2, 0.25) is 5.13 Å². The lowest BCUT2D eigenvalue weighted by molar-refractivity contribution is 0.0684. The molecule has 2 heterocycles. The van der Waals surface area contributed by atoms with Crippen LogP contribution in [-0.2, 0) is 0 Å². The molecule has 0 saturated heterocycles. The molecule has 0 bridgehead atoms. The first-order valence-electron chi connectivity index (χ1n) is 8.29. The highest BCUT2D eigenvalue weighted by Gasteiger charge is 2.35. The zero-order valence-corrected chi connectivity index (χ0v) is 16.4. The molecule has 1 aliphatic heterocycles. The second-order valence-corrected chi connectivity index (χ2v) is 8.27. The van der Waals surface area contributed by atoms with E-state index in [4.69, 9.17) is 0 Å². The predicted octanol–water partition coefficient (Wildman–Crippen LogP) is 4.24. The number of nitrogens with zero attached hydrogens (tertiary/aromatic N) is 3. The lowest BCUT2D eigenvalue weighted by Gasteiger charge is -2.11. The fourth-order valence-corrected chi connectivity index (χ4v) is 4.49. The number of anilines is 2. The zero-order valence-electron chi connectivity index (χ0n) is 14.7. The van der Waals surface area contributed by atoms with Crippen LogP contribution >= 0.6 is 23.1 Å². The Labute approximate surface area is 164 Å². The number of aromatic nitrogens is 2. The minimum absolute atomic E-state index is 0.213. The lowest BCUT2D eigenvalue weighted by Crippen LogP contribution is -2.29. The SMILES string of the molecule is Cc1cccc(Nc2nnc(SCN3C(=O)c4ccccc4C3=O)s2)c1C. The summed E-state index contributed by atoms with van der Waals surface area (Å²) in [7, 11) is 0. The van der Waals surface area contributed by atoms with Crippen molar-refractivity contribution in [2.75, 3.05) is 11.2 Å². The van der Waals surface area contributed by atoms with Crippen LogP contribution in [0.4, 0.5) is 10.8 Å². The van der Waals surface area contributed by atoms with Crippen molar-refractivity contribution in [3.63, 3.8) is 0 Å². The van der Waals surface area contributed by atoms with Gasteiger partial charge in [0.15, 0.2) is 4.34 Å². The number of nitrogens with one attached hydrogen (secondary N) is 1. The summed E-state index contributed by atoms with van der Waals surface area (Å²) in [5, 5.41) is 12.2. The summed E-state index contributed by atoms with van der Waals surface area (Å²) in [5.74, 6) is -0.313. The summed E-state index contributed by atoms with van der Waals surface area (Å²) < 4.78 is 0.694. The van der Waals surface area contributed by atoms with Crippen LogP contribution in [-0.4, -0.2) is 32.8 Å². The van der Waals surface area contributed by atoms with E-state index < -0.39 is 0 Å². The Bertz CT molecular complexity index is 1010. The maximum absolute atomic E-state index is 12.4. The van der Waals surface area contributed by atoms with E-state index >= 15 is 0 Å². The lowest BCUT2D eigenvalue weighted by atomic mass is 10.1. The molecule has 6 nitrogen and oxygen atoms in total. The van der Waals surface area contributed by atoms with Gasteiger partial charge in [-0.05, 0) is 43.2 Å². The second kappa shape index (κ2) is 7.13. The molecule has 0 fully saturated rings. The van der Waals surface area contributed by atoms with E-state index in [2.05, 4.69) is 35.4 Å². The van der Waals surface area contributed by atoms with Crippen molar-refractivity contribution >= 4 is 45.7 Å². The van der Waals surface area contributed by atoms with Crippen molar-refractivity contribution in [3.8, 4) is 0 Å². The summed E-state index contributed by atoms with van der Waals surface area (Å²) in [6, 6.07) is 12.9. The van der Waals surface area contributed by atoms with Gasteiger partial charge in [0, 0.05) is 5.69 Å². The highest BCUT2D eigenvalue weighted by atomic mass is 32.2. The van der Waals surface area contributed by atoms with E-state index in [1.807, 2.05) is 12.1 Å². The van der Waals surface area contributed by atoms with Crippen LogP contribution in [0.5, 0.6) is 0 Å². The van der Waals surface area contributed by atoms with Crippen LogP contribution in [0, 0.1) is 13.8 Å². The molecule has 27 heavy (non-hydrogen) atoms. The van der Waals surface area contributed by atoms with Crippen LogP contribution in [0.2, 0.25) is 0 Å². The Morgan fingerprint density at radius 3 is 2.41 bits per heavy atom. The molecule has 0 saturated carbocycles. The molecule has 0 aliphatic carbocycles. The van der Waals surface area contributed by atoms with Gasteiger partial charge in [-0.15, -0.1) is 10.2 Å². The number of hydrogen-bond acceptors (Lipinski definition) is 7. The van der Waals surface area contributed by atoms with Crippen molar-refractivity contribution in [2.24, 2.45) is 0 Å². The number of aryl methyl sites for hydroxylation is 1. The summed E-state index contributed by atoms with van der Waals surface area (Å²) in [6.07, 6.45) is 0. The summed E-state index contributed by atoms with van der Waals surface area (Å²) in [5.41, 5.74) is 4.26. The molecule has 8 heteroatoms. The van der Waals surface area contributed by atoms with Gasteiger partial charge >= 0.3 is 0 Å². The zero-order chi connectivity index (χ0) is 19.0. The Morgan fingerprint density at radius 1 is 1.00 bits per heavy atom. The van der Waals surface area contributed by atoms with E-state index in [1.54, 1.807) is 24.3 Å². The third-order valence-electron chi connectivity index (χ3n) is 4.45. The Kier molecular flexibility index (Phi) is 4.67. The minimum atomic E-state index is -0.263. The molecule has 4 rings (SSSR count). The van der Waals surface area contributed by atoms with Gasteiger partial charge < -0.3 is 5.32 Å². The molecule has 2 amide bonds. The monoisotopic (exact) mass is 396 g/mol. The summed E-state index contributed by atoms with van der Waals surface area (Å²) in [4.78, 5) is 26.0. The molecule has 0 radical (unpaired) electrons. The molecule has 1 aromatic heterocycles. The van der Waals surface area contributed by atoms with Crippen LogP contribution in [0.25, 0.3) is 0 Å².